The van der Waals surface area contributed by atoms with Crippen molar-refractivity contribution >= 4 is 80.4 Å². The van der Waals surface area contributed by atoms with Crippen LogP contribution in [0.4, 0.5) is 5.69 Å². The number of aliphatic imine (C=N–C) groups is 1. The molecule has 0 aromatic heterocycles. The first-order chi connectivity index (χ1) is 14.3. The highest BCUT2D eigenvalue weighted by Crippen LogP contribution is 2.38. The lowest BCUT2D eigenvalue weighted by Gasteiger charge is -2.17. The van der Waals surface area contributed by atoms with Gasteiger partial charge in [0.1, 0.15) is 0 Å². The molecule has 0 saturated carbocycles. The molecule has 1 aliphatic rings. The van der Waals surface area contributed by atoms with Crippen LogP contribution in [-0.2, 0) is 4.79 Å². The number of amides is 1. The fourth-order valence-corrected chi connectivity index (χ4v) is 4.53. The molecule has 1 amide bonds. The first kappa shape index (κ1) is 23.2. The Balaban J connectivity index is 1.90. The van der Waals surface area contributed by atoms with Gasteiger partial charge in [0, 0.05) is 0 Å². The van der Waals surface area contributed by atoms with E-state index >= 15 is 0 Å². The Morgan fingerprint density at radius 1 is 1.30 bits per heavy atom. The summed E-state index contributed by atoms with van der Waals surface area (Å²) in [6.07, 6.45) is 1.82. The maximum absolute atomic E-state index is 12.4. The van der Waals surface area contributed by atoms with Gasteiger partial charge in [-0.3, -0.25) is 4.79 Å². The van der Waals surface area contributed by atoms with Crippen LogP contribution in [0.15, 0.2) is 40.2 Å². The van der Waals surface area contributed by atoms with Gasteiger partial charge < -0.3 is 14.8 Å². The second kappa shape index (κ2) is 10.3. The lowest BCUT2D eigenvalue weighted by molar-refractivity contribution is -0.115. The Bertz CT molecular complexity index is 1040. The van der Waals surface area contributed by atoms with Crippen molar-refractivity contribution in [1.29, 1.82) is 0 Å². The molecule has 3 rings (SSSR count). The molecule has 1 aliphatic heterocycles. The number of halogens is 3. The number of carbonyl (C=O) groups excluding carboxylic acids is 1. The number of carbonyl (C=O) groups is 1. The number of amidine groups is 1. The minimum absolute atomic E-state index is 0.0233. The van der Waals surface area contributed by atoms with Gasteiger partial charge in [0.15, 0.2) is 16.7 Å². The van der Waals surface area contributed by atoms with Crippen molar-refractivity contribution in [3.8, 4) is 11.5 Å². The molecule has 2 aromatic carbocycles. The average Bonchev–Trinajstić information content (AvgIpc) is 3.01. The first-order valence-corrected chi connectivity index (χ1v) is 11.8. The minimum atomic E-state index is -0.229. The van der Waals surface area contributed by atoms with E-state index in [9.17, 15) is 4.79 Å². The van der Waals surface area contributed by atoms with E-state index in [1.807, 2.05) is 32.9 Å². The normalized spacial score (nSPS) is 16.4. The predicted octanol–water partition coefficient (Wildman–Crippen LogP) is 6.68. The Kier molecular flexibility index (Phi) is 7.95. The highest BCUT2D eigenvalue weighted by atomic mass is 127. The van der Waals surface area contributed by atoms with Crippen molar-refractivity contribution in [2.75, 3.05) is 6.61 Å². The molecular formula is C21H19Cl2IN2O3S. The fourth-order valence-electron chi connectivity index (χ4n) is 2.60. The highest BCUT2D eigenvalue weighted by Gasteiger charge is 2.25. The lowest BCUT2D eigenvalue weighted by atomic mass is 10.2. The summed E-state index contributed by atoms with van der Waals surface area (Å²) >= 11 is 15.7. The molecule has 1 fully saturated rings. The Hall–Kier alpha value is -1.42. The molecule has 0 spiro atoms. The van der Waals surface area contributed by atoms with Crippen molar-refractivity contribution < 1.29 is 14.3 Å². The van der Waals surface area contributed by atoms with E-state index < -0.39 is 0 Å². The van der Waals surface area contributed by atoms with Crippen LogP contribution in [0.3, 0.4) is 0 Å². The van der Waals surface area contributed by atoms with E-state index in [1.54, 1.807) is 24.3 Å². The third kappa shape index (κ3) is 5.63. The smallest absolute Gasteiger partial charge is 0.264 e. The largest absolute Gasteiger partial charge is 0.490 e. The molecule has 0 unspecified atom stereocenters. The van der Waals surface area contributed by atoms with Gasteiger partial charge in [-0.1, -0.05) is 29.3 Å². The summed E-state index contributed by atoms with van der Waals surface area (Å²) in [7, 11) is 0. The molecule has 158 valence electrons. The molecule has 9 heteroatoms. The molecule has 0 aliphatic carbocycles. The van der Waals surface area contributed by atoms with Gasteiger partial charge in [-0.15, -0.1) is 0 Å². The van der Waals surface area contributed by atoms with E-state index in [-0.39, 0.29) is 12.0 Å². The monoisotopic (exact) mass is 576 g/mol. The number of ether oxygens (including phenoxy) is 2. The molecule has 30 heavy (non-hydrogen) atoms. The van der Waals surface area contributed by atoms with Crippen molar-refractivity contribution in [3.05, 3.63) is 54.4 Å². The summed E-state index contributed by atoms with van der Waals surface area (Å²) in [5, 5.41) is 3.95. The zero-order valence-corrected chi connectivity index (χ0v) is 20.9. The summed E-state index contributed by atoms with van der Waals surface area (Å²) in [5.41, 5.74) is 1.33. The molecule has 1 heterocycles. The molecule has 2 aromatic rings. The summed E-state index contributed by atoms with van der Waals surface area (Å²) in [6, 6.07) is 8.99. The minimum Gasteiger partial charge on any atom is -0.490 e. The van der Waals surface area contributed by atoms with Crippen LogP contribution in [-0.4, -0.2) is 23.8 Å². The van der Waals surface area contributed by atoms with E-state index in [1.165, 1.54) is 11.8 Å². The highest BCUT2D eigenvalue weighted by molar-refractivity contribution is 14.1. The van der Waals surface area contributed by atoms with Crippen LogP contribution in [0.1, 0.15) is 26.3 Å². The summed E-state index contributed by atoms with van der Waals surface area (Å²) in [5.74, 6) is 1.12. The van der Waals surface area contributed by atoms with Crippen molar-refractivity contribution in [2.24, 2.45) is 4.99 Å². The van der Waals surface area contributed by atoms with E-state index in [0.717, 1.165) is 9.13 Å². The Morgan fingerprint density at radius 3 is 2.77 bits per heavy atom. The van der Waals surface area contributed by atoms with Gasteiger partial charge in [-0.05, 0) is 91.0 Å². The Morgan fingerprint density at radius 2 is 2.07 bits per heavy atom. The van der Waals surface area contributed by atoms with E-state index in [2.05, 4.69) is 32.9 Å². The second-order valence-corrected chi connectivity index (χ2v) is 9.46. The number of benzene rings is 2. The van der Waals surface area contributed by atoms with Gasteiger partial charge in [-0.2, -0.15) is 0 Å². The van der Waals surface area contributed by atoms with Crippen LogP contribution >= 0.6 is 57.6 Å². The SMILES string of the molecule is CCOc1cc(/C=C2/SC(=Nc3cccc(Cl)c3Cl)NC2=O)cc(I)c1OC(C)C. The van der Waals surface area contributed by atoms with Gasteiger partial charge >= 0.3 is 0 Å². The topological polar surface area (TPSA) is 59.9 Å². The summed E-state index contributed by atoms with van der Waals surface area (Å²) in [4.78, 5) is 17.4. The fraction of sp³-hybridized carbons (Fsp3) is 0.238. The number of rotatable bonds is 6. The van der Waals surface area contributed by atoms with Crippen LogP contribution in [0, 0.1) is 3.57 Å². The first-order valence-electron chi connectivity index (χ1n) is 9.15. The lowest BCUT2D eigenvalue weighted by Crippen LogP contribution is -2.19. The molecule has 5 nitrogen and oxygen atoms in total. The number of nitrogens with one attached hydrogen (secondary N) is 1. The van der Waals surface area contributed by atoms with Gasteiger partial charge in [0.25, 0.3) is 5.91 Å². The average molecular weight is 577 g/mol. The zero-order chi connectivity index (χ0) is 21.8. The maximum Gasteiger partial charge on any atom is 0.264 e. The molecule has 1 saturated heterocycles. The predicted molar refractivity (Wildman–Crippen MR) is 133 cm³/mol. The number of hydrogen-bond donors (Lipinski definition) is 1. The van der Waals surface area contributed by atoms with Crippen molar-refractivity contribution in [3.63, 3.8) is 0 Å². The third-order valence-electron chi connectivity index (χ3n) is 3.79. The van der Waals surface area contributed by atoms with Crippen LogP contribution in [0.25, 0.3) is 6.08 Å². The van der Waals surface area contributed by atoms with Gasteiger partial charge in [-0.25, -0.2) is 4.99 Å². The molecule has 0 bridgehead atoms. The zero-order valence-electron chi connectivity index (χ0n) is 16.5. The van der Waals surface area contributed by atoms with E-state index in [4.69, 9.17) is 32.7 Å². The molecular weight excluding hydrogens is 558 g/mol. The number of thioether (sulfide) groups is 1. The summed E-state index contributed by atoms with van der Waals surface area (Å²) < 4.78 is 12.6. The number of hydrogen-bond acceptors (Lipinski definition) is 5. The van der Waals surface area contributed by atoms with Crippen molar-refractivity contribution in [1.82, 2.24) is 5.32 Å². The summed E-state index contributed by atoms with van der Waals surface area (Å²) in [6.45, 7) is 6.36. The maximum atomic E-state index is 12.4. The Labute approximate surface area is 203 Å². The molecule has 0 atom stereocenters. The quantitative estimate of drug-likeness (QED) is 0.308. The van der Waals surface area contributed by atoms with Crippen LogP contribution in [0.5, 0.6) is 11.5 Å². The van der Waals surface area contributed by atoms with Gasteiger partial charge in [0.05, 0.1) is 36.9 Å². The molecule has 0 radical (unpaired) electrons. The van der Waals surface area contributed by atoms with Crippen LogP contribution in [0.2, 0.25) is 10.0 Å². The second-order valence-electron chi connectivity index (χ2n) is 6.48. The standard InChI is InChI=1S/C21H19Cl2IN2O3S/c1-4-28-16-9-12(8-14(24)19(16)29-11(2)3)10-17-20(27)26-21(30-17)25-15-7-5-6-13(22)18(15)23/h5-11H,4H2,1-3H3,(H,25,26,27)/b17-10+. The molecule has 1 N–H and O–H groups in total. The van der Waals surface area contributed by atoms with Crippen LogP contribution < -0.4 is 14.8 Å². The van der Waals surface area contributed by atoms with E-state index in [0.29, 0.717) is 43.9 Å². The number of nitrogens with zero attached hydrogens (tertiary/aromatic N) is 1. The third-order valence-corrected chi connectivity index (χ3v) is 6.31. The van der Waals surface area contributed by atoms with Gasteiger partial charge in [0.2, 0.25) is 0 Å². The van der Waals surface area contributed by atoms with Crippen molar-refractivity contribution in [2.45, 2.75) is 26.9 Å².